The van der Waals surface area contributed by atoms with E-state index in [1.54, 1.807) is 4.68 Å². The molecule has 94 valence electrons. The lowest BCUT2D eigenvalue weighted by molar-refractivity contribution is 0.779. The van der Waals surface area contributed by atoms with Gasteiger partial charge in [-0.2, -0.15) is 5.10 Å². The summed E-state index contributed by atoms with van der Waals surface area (Å²) in [5, 5.41) is 9.51. The number of benzene rings is 1. The van der Waals surface area contributed by atoms with Crippen molar-refractivity contribution in [3.63, 3.8) is 0 Å². The zero-order valence-corrected chi connectivity index (χ0v) is 11.3. The fraction of sp³-hybridized carbons (Fsp3) is 0.385. The second-order valence-corrected chi connectivity index (χ2v) is 5.05. The van der Waals surface area contributed by atoms with Crippen LogP contribution in [0.4, 0.5) is 0 Å². The molecular weight excluding hydrogens is 248 g/mol. The van der Waals surface area contributed by atoms with Gasteiger partial charge in [0.1, 0.15) is 11.4 Å². The van der Waals surface area contributed by atoms with Crippen LogP contribution < -0.4 is 5.32 Å². The summed E-state index contributed by atoms with van der Waals surface area (Å²) in [5.41, 5.74) is 3.33. The van der Waals surface area contributed by atoms with E-state index in [0.29, 0.717) is 5.02 Å². The van der Waals surface area contributed by atoms with Crippen LogP contribution in [-0.2, 0) is 13.5 Å². The van der Waals surface area contributed by atoms with E-state index in [0.717, 1.165) is 36.2 Å². The first-order valence-electron chi connectivity index (χ1n) is 6.03. The van der Waals surface area contributed by atoms with Crippen molar-refractivity contribution in [2.75, 3.05) is 13.1 Å². The molecule has 0 saturated heterocycles. The van der Waals surface area contributed by atoms with Crippen molar-refractivity contribution in [3.05, 3.63) is 28.4 Å². The average Bonchev–Trinajstić information content (AvgIpc) is 2.95. The van der Waals surface area contributed by atoms with Crippen molar-refractivity contribution >= 4 is 28.3 Å². The van der Waals surface area contributed by atoms with Crippen LogP contribution in [-0.4, -0.2) is 28.7 Å². The molecule has 3 rings (SSSR count). The van der Waals surface area contributed by atoms with Crippen LogP contribution in [0.5, 0.6) is 0 Å². The molecular formula is C13H15ClN4. The van der Waals surface area contributed by atoms with Gasteiger partial charge in [-0.05, 0) is 24.1 Å². The lowest BCUT2D eigenvalue weighted by atomic mass is 10.0. The summed E-state index contributed by atoms with van der Waals surface area (Å²) in [6, 6.07) is 2.01. The number of halogens is 1. The molecule has 2 aromatic rings. The maximum atomic E-state index is 6.30. The number of nitrogens with one attached hydrogen (secondary N) is 1. The third kappa shape index (κ3) is 1.86. The van der Waals surface area contributed by atoms with Gasteiger partial charge in [-0.25, -0.2) is 0 Å². The normalized spacial score (nSPS) is 14.9. The number of aromatic nitrogens is 2. The minimum atomic E-state index is 0.713. The fourth-order valence-corrected chi connectivity index (χ4v) is 2.64. The van der Waals surface area contributed by atoms with Crippen molar-refractivity contribution in [2.24, 2.45) is 12.0 Å². The van der Waals surface area contributed by atoms with Gasteiger partial charge in [-0.3, -0.25) is 9.67 Å². The van der Waals surface area contributed by atoms with Gasteiger partial charge in [-0.15, -0.1) is 0 Å². The van der Waals surface area contributed by atoms with Crippen LogP contribution in [0.3, 0.4) is 0 Å². The molecule has 0 fully saturated rings. The Bertz CT molecular complexity index is 642. The Morgan fingerprint density at radius 2 is 2.33 bits per heavy atom. The number of amidine groups is 1. The summed E-state index contributed by atoms with van der Waals surface area (Å²) in [4.78, 5) is 4.43. The highest BCUT2D eigenvalue weighted by Gasteiger charge is 2.14. The molecule has 0 aliphatic carbocycles. The molecule has 0 amide bonds. The van der Waals surface area contributed by atoms with Crippen LogP contribution in [0.25, 0.3) is 10.9 Å². The molecule has 0 bridgehead atoms. The van der Waals surface area contributed by atoms with E-state index in [1.807, 2.05) is 19.3 Å². The van der Waals surface area contributed by atoms with Gasteiger partial charge in [0.05, 0.1) is 11.6 Å². The number of hydrogen-bond acceptors (Lipinski definition) is 3. The number of nitrogens with zero attached hydrogens (tertiary/aromatic N) is 3. The van der Waals surface area contributed by atoms with Crippen molar-refractivity contribution in [3.8, 4) is 0 Å². The van der Waals surface area contributed by atoms with Gasteiger partial charge in [0.15, 0.2) is 0 Å². The zero-order valence-electron chi connectivity index (χ0n) is 10.5. The second kappa shape index (κ2) is 4.28. The summed E-state index contributed by atoms with van der Waals surface area (Å²) in [5.74, 6) is 1.05. The van der Waals surface area contributed by atoms with Gasteiger partial charge in [-0.1, -0.05) is 11.6 Å². The maximum Gasteiger partial charge on any atom is 0.111 e. The molecule has 4 nitrogen and oxygen atoms in total. The Morgan fingerprint density at radius 3 is 3.06 bits per heavy atom. The minimum Gasteiger partial charge on any atom is -0.372 e. The highest BCUT2D eigenvalue weighted by atomic mass is 35.5. The summed E-state index contributed by atoms with van der Waals surface area (Å²) in [6.45, 7) is 3.93. The van der Waals surface area contributed by atoms with E-state index in [-0.39, 0.29) is 0 Å². The monoisotopic (exact) mass is 262 g/mol. The number of rotatable bonds is 2. The van der Waals surface area contributed by atoms with E-state index in [2.05, 4.69) is 22.3 Å². The number of fused-ring (bicyclic) bond motifs is 1. The quantitative estimate of drug-likeness (QED) is 0.900. The summed E-state index contributed by atoms with van der Waals surface area (Å²) < 4.78 is 1.80. The second-order valence-electron chi connectivity index (χ2n) is 4.64. The molecule has 1 aromatic carbocycles. The lowest BCUT2D eigenvalue weighted by Gasteiger charge is -2.08. The Balaban J connectivity index is 2.09. The minimum absolute atomic E-state index is 0.713. The Morgan fingerprint density at radius 1 is 1.50 bits per heavy atom. The van der Waals surface area contributed by atoms with Crippen LogP contribution in [0.1, 0.15) is 11.1 Å². The van der Waals surface area contributed by atoms with Gasteiger partial charge in [0.25, 0.3) is 0 Å². The third-order valence-corrected chi connectivity index (χ3v) is 3.63. The summed E-state index contributed by atoms with van der Waals surface area (Å²) in [6.07, 6.45) is 2.83. The first-order valence-corrected chi connectivity index (χ1v) is 6.41. The van der Waals surface area contributed by atoms with E-state index < -0.39 is 0 Å². The summed E-state index contributed by atoms with van der Waals surface area (Å²) in [7, 11) is 1.91. The Hall–Kier alpha value is -1.55. The predicted octanol–water partition coefficient (Wildman–Crippen LogP) is 2.08. The molecule has 1 aromatic heterocycles. The molecule has 1 N–H and O–H groups in total. The molecule has 1 aliphatic rings. The Labute approximate surface area is 111 Å². The first-order chi connectivity index (χ1) is 8.65. The smallest absolute Gasteiger partial charge is 0.111 e. The number of aryl methyl sites for hydroxylation is 2. The SMILES string of the molecule is Cc1c(CC2=NCCN2)cc(Cl)c2nn(C)cc12. The van der Waals surface area contributed by atoms with Crippen molar-refractivity contribution in [2.45, 2.75) is 13.3 Å². The van der Waals surface area contributed by atoms with E-state index in [9.17, 15) is 0 Å². The van der Waals surface area contributed by atoms with Crippen LogP contribution in [0.2, 0.25) is 5.02 Å². The molecule has 0 radical (unpaired) electrons. The van der Waals surface area contributed by atoms with Crippen LogP contribution in [0, 0.1) is 6.92 Å². The van der Waals surface area contributed by atoms with Gasteiger partial charge >= 0.3 is 0 Å². The van der Waals surface area contributed by atoms with Crippen LogP contribution >= 0.6 is 11.6 Å². The fourth-order valence-electron chi connectivity index (χ4n) is 2.37. The highest BCUT2D eigenvalue weighted by molar-refractivity contribution is 6.35. The highest BCUT2D eigenvalue weighted by Crippen LogP contribution is 2.28. The van der Waals surface area contributed by atoms with Crippen molar-refractivity contribution < 1.29 is 0 Å². The van der Waals surface area contributed by atoms with Gasteiger partial charge in [0, 0.05) is 31.6 Å². The molecule has 0 spiro atoms. The molecule has 0 atom stereocenters. The third-order valence-electron chi connectivity index (χ3n) is 3.34. The molecule has 5 heteroatoms. The first kappa shape index (κ1) is 11.5. The molecule has 0 unspecified atom stereocenters. The summed E-state index contributed by atoms with van der Waals surface area (Å²) >= 11 is 6.30. The molecule has 18 heavy (non-hydrogen) atoms. The average molecular weight is 263 g/mol. The van der Waals surface area contributed by atoms with E-state index in [1.165, 1.54) is 11.1 Å². The molecule has 2 heterocycles. The largest absolute Gasteiger partial charge is 0.372 e. The molecule has 1 aliphatic heterocycles. The number of hydrogen-bond donors (Lipinski definition) is 1. The topological polar surface area (TPSA) is 42.2 Å². The maximum absolute atomic E-state index is 6.30. The molecule has 0 saturated carbocycles. The van der Waals surface area contributed by atoms with E-state index >= 15 is 0 Å². The van der Waals surface area contributed by atoms with Gasteiger partial charge < -0.3 is 5.32 Å². The predicted molar refractivity (Wildman–Crippen MR) is 74.5 cm³/mol. The standard InChI is InChI=1S/C13H15ClN4/c1-8-9(6-12-15-3-4-16-12)5-11(14)13-10(8)7-18(2)17-13/h5,7H,3-4,6H2,1-2H3,(H,15,16). The number of aliphatic imine (C=N–C) groups is 1. The lowest BCUT2D eigenvalue weighted by Crippen LogP contribution is -2.20. The zero-order chi connectivity index (χ0) is 12.7. The van der Waals surface area contributed by atoms with E-state index in [4.69, 9.17) is 11.6 Å². The van der Waals surface area contributed by atoms with Crippen LogP contribution in [0.15, 0.2) is 17.3 Å². The van der Waals surface area contributed by atoms with Gasteiger partial charge in [0.2, 0.25) is 0 Å². The van der Waals surface area contributed by atoms with Crippen molar-refractivity contribution in [1.82, 2.24) is 15.1 Å². The Kier molecular flexibility index (Phi) is 2.74. The van der Waals surface area contributed by atoms with Crippen molar-refractivity contribution in [1.29, 1.82) is 0 Å².